The van der Waals surface area contributed by atoms with Crippen LogP contribution < -0.4 is 5.32 Å². The SMILES string of the molecule is CO.O=C1NC(=O)c2ccccc21. The van der Waals surface area contributed by atoms with Crippen LogP contribution in [0.5, 0.6) is 0 Å². The molecule has 0 aliphatic carbocycles. The summed E-state index contributed by atoms with van der Waals surface area (Å²) < 4.78 is 0. The van der Waals surface area contributed by atoms with Crippen molar-refractivity contribution in [3.8, 4) is 0 Å². The van der Waals surface area contributed by atoms with Gasteiger partial charge in [0, 0.05) is 7.11 Å². The second kappa shape index (κ2) is 3.82. The van der Waals surface area contributed by atoms with Crippen LogP contribution in [0.4, 0.5) is 0 Å². The number of nitrogens with one attached hydrogen (secondary N) is 1. The number of fused-ring (bicyclic) bond motifs is 1. The molecule has 1 aromatic carbocycles. The van der Waals surface area contributed by atoms with E-state index >= 15 is 0 Å². The molecule has 13 heavy (non-hydrogen) atoms. The Balaban J connectivity index is 0.000000396. The van der Waals surface area contributed by atoms with Crippen molar-refractivity contribution in [2.75, 3.05) is 7.11 Å². The molecule has 0 bridgehead atoms. The van der Waals surface area contributed by atoms with Crippen LogP contribution in [0.2, 0.25) is 0 Å². The van der Waals surface area contributed by atoms with E-state index in [2.05, 4.69) is 5.32 Å². The fourth-order valence-electron chi connectivity index (χ4n) is 1.12. The van der Waals surface area contributed by atoms with Crippen LogP contribution in [-0.4, -0.2) is 24.0 Å². The van der Waals surface area contributed by atoms with E-state index in [1.807, 2.05) is 0 Å². The lowest BCUT2D eigenvalue weighted by molar-refractivity contribution is 0.0879. The van der Waals surface area contributed by atoms with Gasteiger partial charge >= 0.3 is 0 Å². The van der Waals surface area contributed by atoms with Crippen LogP contribution in [0.25, 0.3) is 0 Å². The van der Waals surface area contributed by atoms with E-state index in [1.54, 1.807) is 24.3 Å². The molecule has 0 aromatic heterocycles. The summed E-state index contributed by atoms with van der Waals surface area (Å²) in [5, 5.41) is 9.20. The molecule has 0 saturated heterocycles. The summed E-state index contributed by atoms with van der Waals surface area (Å²) in [7, 11) is 1.00. The van der Waals surface area contributed by atoms with Gasteiger partial charge in [0.25, 0.3) is 11.8 Å². The third kappa shape index (κ3) is 1.57. The summed E-state index contributed by atoms with van der Waals surface area (Å²) in [4.78, 5) is 21.9. The smallest absolute Gasteiger partial charge is 0.258 e. The van der Waals surface area contributed by atoms with Crippen molar-refractivity contribution in [2.45, 2.75) is 0 Å². The van der Waals surface area contributed by atoms with Gasteiger partial charge in [-0.15, -0.1) is 0 Å². The number of hydrogen-bond acceptors (Lipinski definition) is 3. The molecule has 0 atom stereocenters. The number of benzene rings is 1. The molecule has 1 aliphatic rings. The zero-order valence-corrected chi connectivity index (χ0v) is 7.07. The second-order valence-corrected chi connectivity index (χ2v) is 2.33. The molecule has 0 saturated carbocycles. The normalized spacial score (nSPS) is 12.8. The van der Waals surface area contributed by atoms with Gasteiger partial charge in [0.2, 0.25) is 0 Å². The summed E-state index contributed by atoms with van der Waals surface area (Å²) in [6, 6.07) is 6.74. The Morgan fingerprint density at radius 1 is 1.00 bits per heavy atom. The van der Waals surface area contributed by atoms with Crippen molar-refractivity contribution < 1.29 is 14.7 Å². The van der Waals surface area contributed by atoms with Gasteiger partial charge in [-0.1, -0.05) is 12.1 Å². The van der Waals surface area contributed by atoms with Crippen molar-refractivity contribution in [3.63, 3.8) is 0 Å². The molecule has 0 fully saturated rings. The molecule has 4 heteroatoms. The van der Waals surface area contributed by atoms with Gasteiger partial charge in [-0.2, -0.15) is 0 Å². The predicted octanol–water partition coefficient (Wildman–Crippen LogP) is 0.179. The summed E-state index contributed by atoms with van der Waals surface area (Å²) in [6.45, 7) is 0. The lowest BCUT2D eigenvalue weighted by atomic mass is 10.1. The Hall–Kier alpha value is -1.68. The monoisotopic (exact) mass is 179 g/mol. The predicted molar refractivity (Wildman–Crippen MR) is 46.4 cm³/mol. The molecule has 4 nitrogen and oxygen atoms in total. The van der Waals surface area contributed by atoms with E-state index in [4.69, 9.17) is 5.11 Å². The van der Waals surface area contributed by atoms with Gasteiger partial charge in [0.15, 0.2) is 0 Å². The second-order valence-electron chi connectivity index (χ2n) is 2.33. The minimum absolute atomic E-state index is 0.300. The topological polar surface area (TPSA) is 66.4 Å². The number of amides is 2. The fraction of sp³-hybridized carbons (Fsp3) is 0.111. The number of aliphatic hydroxyl groups excluding tert-OH is 1. The maximum Gasteiger partial charge on any atom is 0.258 e. The van der Waals surface area contributed by atoms with E-state index in [9.17, 15) is 9.59 Å². The Bertz CT molecular complexity index is 313. The number of hydrogen-bond donors (Lipinski definition) is 2. The third-order valence-corrected chi connectivity index (χ3v) is 1.64. The van der Waals surface area contributed by atoms with Crippen molar-refractivity contribution >= 4 is 11.8 Å². The first-order valence-electron chi connectivity index (χ1n) is 3.68. The minimum atomic E-state index is -0.300. The highest BCUT2D eigenvalue weighted by atomic mass is 16.2. The molecule has 2 amide bonds. The third-order valence-electron chi connectivity index (χ3n) is 1.64. The molecule has 0 radical (unpaired) electrons. The van der Waals surface area contributed by atoms with Crippen LogP contribution in [0.15, 0.2) is 24.3 Å². The molecule has 68 valence electrons. The highest BCUT2D eigenvalue weighted by molar-refractivity contribution is 6.21. The standard InChI is InChI=1S/C8H5NO2.CH4O/c10-7-5-3-1-2-4-6(5)8(11)9-7;1-2/h1-4H,(H,9,10,11);2H,1H3. The van der Waals surface area contributed by atoms with Gasteiger partial charge < -0.3 is 5.11 Å². The number of imide groups is 1. The molecule has 1 heterocycles. The Kier molecular flexibility index (Phi) is 2.76. The maximum atomic E-state index is 10.9. The van der Waals surface area contributed by atoms with Crippen molar-refractivity contribution in [1.82, 2.24) is 5.32 Å². The number of carbonyl (C=O) groups is 2. The van der Waals surface area contributed by atoms with Crippen LogP contribution in [0, 0.1) is 0 Å². The maximum absolute atomic E-state index is 10.9. The first kappa shape index (κ1) is 9.41. The van der Waals surface area contributed by atoms with Crippen molar-refractivity contribution in [1.29, 1.82) is 0 Å². The van der Waals surface area contributed by atoms with Gasteiger partial charge in [0.05, 0.1) is 11.1 Å². The highest BCUT2D eigenvalue weighted by Crippen LogP contribution is 2.13. The molecule has 1 aromatic rings. The van der Waals surface area contributed by atoms with Gasteiger partial charge in [-0.05, 0) is 12.1 Å². The molecule has 0 unspecified atom stereocenters. The van der Waals surface area contributed by atoms with E-state index in [1.165, 1.54) is 0 Å². The first-order valence-corrected chi connectivity index (χ1v) is 3.68. The zero-order chi connectivity index (χ0) is 9.84. The van der Waals surface area contributed by atoms with E-state index in [-0.39, 0.29) is 11.8 Å². The van der Waals surface area contributed by atoms with Crippen molar-refractivity contribution in [3.05, 3.63) is 35.4 Å². The Morgan fingerprint density at radius 3 is 1.77 bits per heavy atom. The number of aliphatic hydroxyl groups is 1. The van der Waals surface area contributed by atoms with Crippen LogP contribution in [-0.2, 0) is 0 Å². The molecule has 0 spiro atoms. The molecule has 2 rings (SSSR count). The summed E-state index contributed by atoms with van der Waals surface area (Å²) >= 11 is 0. The number of carbonyl (C=O) groups excluding carboxylic acids is 2. The first-order chi connectivity index (χ1) is 6.29. The van der Waals surface area contributed by atoms with Gasteiger partial charge in [-0.25, -0.2) is 0 Å². The summed E-state index contributed by atoms with van der Waals surface area (Å²) in [5.41, 5.74) is 0.940. The van der Waals surface area contributed by atoms with E-state index in [0.29, 0.717) is 11.1 Å². The Morgan fingerprint density at radius 2 is 1.38 bits per heavy atom. The molecular formula is C9H9NO3. The van der Waals surface area contributed by atoms with Crippen molar-refractivity contribution in [2.24, 2.45) is 0 Å². The highest BCUT2D eigenvalue weighted by Gasteiger charge is 2.25. The molecule has 2 N–H and O–H groups in total. The summed E-state index contributed by atoms with van der Waals surface area (Å²) in [6.07, 6.45) is 0. The Labute approximate surface area is 75.2 Å². The van der Waals surface area contributed by atoms with Gasteiger partial charge in [-0.3, -0.25) is 14.9 Å². The van der Waals surface area contributed by atoms with Crippen LogP contribution in [0.3, 0.4) is 0 Å². The summed E-state index contributed by atoms with van der Waals surface area (Å²) in [5.74, 6) is -0.601. The molecule has 1 aliphatic heterocycles. The largest absolute Gasteiger partial charge is 0.400 e. The van der Waals surface area contributed by atoms with E-state index in [0.717, 1.165) is 7.11 Å². The van der Waals surface area contributed by atoms with E-state index < -0.39 is 0 Å². The quantitative estimate of drug-likeness (QED) is 0.558. The zero-order valence-electron chi connectivity index (χ0n) is 7.07. The van der Waals surface area contributed by atoms with Gasteiger partial charge in [0.1, 0.15) is 0 Å². The lowest BCUT2D eigenvalue weighted by Gasteiger charge is -1.88. The lowest BCUT2D eigenvalue weighted by Crippen LogP contribution is -2.19. The van der Waals surface area contributed by atoms with Crippen LogP contribution in [0.1, 0.15) is 20.7 Å². The average molecular weight is 179 g/mol. The fourth-order valence-corrected chi connectivity index (χ4v) is 1.12. The van der Waals surface area contributed by atoms with Crippen LogP contribution >= 0.6 is 0 Å². The number of rotatable bonds is 0. The minimum Gasteiger partial charge on any atom is -0.400 e. The molecular weight excluding hydrogens is 170 g/mol. The average Bonchev–Trinajstić information content (AvgIpc) is 2.47.